The van der Waals surface area contributed by atoms with Gasteiger partial charge in [-0.25, -0.2) is 4.79 Å². The van der Waals surface area contributed by atoms with Crippen molar-refractivity contribution in [3.63, 3.8) is 0 Å². The average Bonchev–Trinajstić information content (AvgIpc) is 2.84. The van der Waals surface area contributed by atoms with Crippen molar-refractivity contribution in [2.45, 2.75) is 70.8 Å². The molecule has 182 valence electrons. The van der Waals surface area contributed by atoms with Gasteiger partial charge in [0.15, 0.2) is 18.1 Å². The number of methoxy groups -OCH3 is 2. The van der Waals surface area contributed by atoms with Crippen molar-refractivity contribution < 1.29 is 28.6 Å². The van der Waals surface area contributed by atoms with E-state index >= 15 is 0 Å². The Balaban J connectivity index is 1.70. The quantitative estimate of drug-likeness (QED) is 0.567. The van der Waals surface area contributed by atoms with Gasteiger partial charge in [0.2, 0.25) is 5.91 Å². The third-order valence-corrected chi connectivity index (χ3v) is 6.77. The molecule has 2 aliphatic rings. The summed E-state index contributed by atoms with van der Waals surface area (Å²) in [6, 6.07) is 3.13. The van der Waals surface area contributed by atoms with Crippen LogP contribution < -0.4 is 20.1 Å². The molecule has 2 fully saturated rings. The van der Waals surface area contributed by atoms with Crippen LogP contribution in [-0.2, 0) is 14.3 Å². The lowest BCUT2D eigenvalue weighted by Crippen LogP contribution is -2.42. The van der Waals surface area contributed by atoms with E-state index in [-0.39, 0.29) is 41.6 Å². The van der Waals surface area contributed by atoms with Gasteiger partial charge in [-0.15, -0.1) is 0 Å². The van der Waals surface area contributed by atoms with Crippen LogP contribution >= 0.6 is 0 Å². The van der Waals surface area contributed by atoms with Crippen LogP contribution in [0.2, 0.25) is 0 Å². The SMILES string of the molecule is COc1cc(NC(=O)C2CCCCC2)c(C(=O)OCC(=O)NC2CCCCC2C)cc1OC. The van der Waals surface area contributed by atoms with Crippen LogP contribution in [0.4, 0.5) is 5.69 Å². The highest BCUT2D eigenvalue weighted by Crippen LogP contribution is 2.35. The third-order valence-electron chi connectivity index (χ3n) is 6.77. The number of hydrogen-bond acceptors (Lipinski definition) is 6. The minimum absolute atomic E-state index is 0.0843. The highest BCUT2D eigenvalue weighted by atomic mass is 16.5. The summed E-state index contributed by atoms with van der Waals surface area (Å²) in [6.07, 6.45) is 9.13. The third kappa shape index (κ3) is 6.62. The second-order valence-corrected chi connectivity index (χ2v) is 9.09. The number of hydrogen-bond donors (Lipinski definition) is 2. The fourth-order valence-electron chi connectivity index (χ4n) is 4.74. The first kappa shape index (κ1) is 24.9. The number of ether oxygens (including phenoxy) is 3. The summed E-state index contributed by atoms with van der Waals surface area (Å²) in [7, 11) is 2.95. The van der Waals surface area contributed by atoms with Crippen molar-refractivity contribution in [1.82, 2.24) is 5.32 Å². The molecule has 1 aromatic carbocycles. The summed E-state index contributed by atoms with van der Waals surface area (Å²) in [5, 5.41) is 5.85. The Morgan fingerprint density at radius 3 is 2.21 bits per heavy atom. The molecule has 0 bridgehead atoms. The van der Waals surface area contributed by atoms with Crippen molar-refractivity contribution in [3.05, 3.63) is 17.7 Å². The Hall–Kier alpha value is -2.77. The van der Waals surface area contributed by atoms with E-state index in [9.17, 15) is 14.4 Å². The standard InChI is InChI=1S/C25H36N2O6/c1-16-9-7-8-12-19(16)26-23(28)15-33-25(30)18-13-21(31-2)22(32-3)14-20(18)27-24(29)17-10-5-4-6-11-17/h13-14,16-17,19H,4-12,15H2,1-3H3,(H,26,28)(H,27,29). The molecule has 0 spiro atoms. The van der Waals surface area contributed by atoms with Crippen LogP contribution in [0.25, 0.3) is 0 Å². The van der Waals surface area contributed by atoms with Crippen molar-refractivity contribution in [2.24, 2.45) is 11.8 Å². The number of nitrogens with one attached hydrogen (secondary N) is 2. The molecule has 0 aromatic heterocycles. The number of benzene rings is 1. The van der Waals surface area contributed by atoms with Gasteiger partial charge in [0.05, 0.1) is 25.5 Å². The lowest BCUT2D eigenvalue weighted by molar-refractivity contribution is -0.125. The van der Waals surface area contributed by atoms with Gasteiger partial charge in [0, 0.05) is 24.1 Å². The summed E-state index contributed by atoms with van der Waals surface area (Å²) in [4.78, 5) is 38.1. The number of esters is 1. The summed E-state index contributed by atoms with van der Waals surface area (Å²) >= 11 is 0. The molecule has 0 aliphatic heterocycles. The maximum Gasteiger partial charge on any atom is 0.340 e. The molecule has 2 unspecified atom stereocenters. The minimum atomic E-state index is -0.707. The Morgan fingerprint density at radius 2 is 1.55 bits per heavy atom. The van der Waals surface area contributed by atoms with Crippen LogP contribution in [0.1, 0.15) is 75.1 Å². The predicted octanol–water partition coefficient (Wildman–Crippen LogP) is 4.07. The maximum absolute atomic E-state index is 12.9. The molecule has 8 heteroatoms. The van der Waals surface area contributed by atoms with Gasteiger partial charge in [-0.05, 0) is 31.6 Å². The zero-order valence-electron chi connectivity index (χ0n) is 19.9. The zero-order valence-corrected chi connectivity index (χ0v) is 19.9. The normalized spacial score (nSPS) is 21.1. The van der Waals surface area contributed by atoms with Crippen molar-refractivity contribution in [2.75, 3.05) is 26.1 Å². The Morgan fingerprint density at radius 1 is 0.909 bits per heavy atom. The van der Waals surface area contributed by atoms with Crippen molar-refractivity contribution in [3.8, 4) is 11.5 Å². The molecule has 3 rings (SSSR count). The summed E-state index contributed by atoms with van der Waals surface area (Å²) in [6.45, 7) is 1.74. The van der Waals surface area contributed by atoms with Crippen LogP contribution in [0.3, 0.4) is 0 Å². The van der Waals surface area contributed by atoms with Crippen molar-refractivity contribution >= 4 is 23.5 Å². The smallest absolute Gasteiger partial charge is 0.340 e. The van der Waals surface area contributed by atoms with Crippen molar-refractivity contribution in [1.29, 1.82) is 0 Å². The monoisotopic (exact) mass is 460 g/mol. The van der Waals surface area contributed by atoms with E-state index in [0.29, 0.717) is 17.4 Å². The number of carbonyl (C=O) groups is 3. The Kier molecular flexibility index (Phi) is 8.97. The van der Waals surface area contributed by atoms with Gasteiger partial charge in [0.1, 0.15) is 0 Å². The molecule has 0 saturated heterocycles. The first-order valence-corrected chi connectivity index (χ1v) is 12.0. The van der Waals surface area contributed by atoms with Gasteiger partial charge in [-0.1, -0.05) is 39.0 Å². The van der Waals surface area contributed by atoms with Gasteiger partial charge in [-0.3, -0.25) is 9.59 Å². The van der Waals surface area contributed by atoms with E-state index in [1.54, 1.807) is 6.07 Å². The van der Waals surface area contributed by atoms with E-state index in [1.807, 2.05) is 0 Å². The lowest BCUT2D eigenvalue weighted by Gasteiger charge is -2.29. The van der Waals surface area contributed by atoms with Gasteiger partial charge in [-0.2, -0.15) is 0 Å². The second kappa shape index (κ2) is 11.9. The topological polar surface area (TPSA) is 103 Å². The van der Waals surface area contributed by atoms with Crippen LogP contribution in [-0.4, -0.2) is 44.7 Å². The fraction of sp³-hybridized carbons (Fsp3) is 0.640. The molecule has 2 N–H and O–H groups in total. The number of carbonyl (C=O) groups excluding carboxylic acids is 3. The molecule has 2 amide bonds. The molecule has 2 saturated carbocycles. The maximum atomic E-state index is 12.9. The number of anilines is 1. The van der Waals surface area contributed by atoms with E-state index in [4.69, 9.17) is 14.2 Å². The van der Waals surface area contributed by atoms with E-state index in [1.165, 1.54) is 26.7 Å². The summed E-state index contributed by atoms with van der Waals surface area (Å²) < 4.78 is 16.0. The van der Waals surface area contributed by atoms with Gasteiger partial charge >= 0.3 is 5.97 Å². The predicted molar refractivity (Wildman–Crippen MR) is 125 cm³/mol. The molecule has 1 aromatic rings. The van der Waals surface area contributed by atoms with E-state index in [0.717, 1.165) is 51.4 Å². The minimum Gasteiger partial charge on any atom is -0.493 e. The summed E-state index contributed by atoms with van der Waals surface area (Å²) in [5.74, 6) is -0.112. The van der Waals surface area contributed by atoms with Gasteiger partial charge < -0.3 is 24.8 Å². The highest BCUT2D eigenvalue weighted by molar-refractivity contribution is 6.03. The van der Waals surface area contributed by atoms with Gasteiger partial charge in [0.25, 0.3) is 5.91 Å². The molecule has 0 radical (unpaired) electrons. The second-order valence-electron chi connectivity index (χ2n) is 9.09. The van der Waals surface area contributed by atoms with Crippen LogP contribution in [0.5, 0.6) is 11.5 Å². The highest BCUT2D eigenvalue weighted by Gasteiger charge is 2.26. The first-order valence-electron chi connectivity index (χ1n) is 12.0. The molecule has 8 nitrogen and oxygen atoms in total. The number of rotatable bonds is 8. The molecule has 2 atom stereocenters. The molecular formula is C25H36N2O6. The molecule has 33 heavy (non-hydrogen) atoms. The van der Waals surface area contributed by atoms with Crippen LogP contribution in [0.15, 0.2) is 12.1 Å². The lowest BCUT2D eigenvalue weighted by atomic mass is 9.86. The van der Waals surface area contributed by atoms with E-state index < -0.39 is 5.97 Å². The molecular weight excluding hydrogens is 424 g/mol. The average molecular weight is 461 g/mol. The molecule has 0 heterocycles. The molecule has 2 aliphatic carbocycles. The Bertz CT molecular complexity index is 850. The zero-order chi connectivity index (χ0) is 23.8. The number of amides is 2. The van der Waals surface area contributed by atoms with E-state index in [2.05, 4.69) is 17.6 Å². The summed E-state index contributed by atoms with van der Waals surface area (Å²) in [5.41, 5.74) is 0.408. The van der Waals surface area contributed by atoms with Crippen LogP contribution in [0, 0.1) is 11.8 Å². The Labute approximate surface area is 195 Å². The fourth-order valence-corrected chi connectivity index (χ4v) is 4.74. The first-order chi connectivity index (χ1) is 15.9. The largest absolute Gasteiger partial charge is 0.493 e.